The Hall–Kier alpha value is -2.66. The van der Waals surface area contributed by atoms with Crippen LogP contribution in [0.25, 0.3) is 0 Å². The monoisotopic (exact) mass is 383 g/mol. The summed E-state index contributed by atoms with van der Waals surface area (Å²) in [6.45, 7) is 5.38. The van der Waals surface area contributed by atoms with Crippen LogP contribution in [0.5, 0.6) is 0 Å². The van der Waals surface area contributed by atoms with Crippen LogP contribution in [0.2, 0.25) is 5.02 Å². The van der Waals surface area contributed by atoms with Crippen molar-refractivity contribution in [3.8, 4) is 0 Å². The highest BCUT2D eigenvalue weighted by atomic mass is 35.5. The van der Waals surface area contributed by atoms with E-state index in [4.69, 9.17) is 11.6 Å². The van der Waals surface area contributed by atoms with Crippen LogP contribution >= 0.6 is 11.6 Å². The van der Waals surface area contributed by atoms with Gasteiger partial charge in [-0.05, 0) is 29.7 Å². The van der Waals surface area contributed by atoms with Gasteiger partial charge in [0.1, 0.15) is 5.92 Å². The maximum atomic E-state index is 13.2. The predicted molar refractivity (Wildman–Crippen MR) is 108 cm³/mol. The van der Waals surface area contributed by atoms with E-state index in [2.05, 4.69) is 10.4 Å². The second-order valence-electron chi connectivity index (χ2n) is 6.84. The van der Waals surface area contributed by atoms with Gasteiger partial charge in [-0.3, -0.25) is 9.59 Å². The number of hydrogen-bond donors (Lipinski definition) is 1. The van der Waals surface area contributed by atoms with Gasteiger partial charge in [-0.15, -0.1) is 0 Å². The highest BCUT2D eigenvalue weighted by Crippen LogP contribution is 2.41. The van der Waals surface area contributed by atoms with Gasteiger partial charge < -0.3 is 5.32 Å². The molecule has 2 atom stereocenters. The van der Waals surface area contributed by atoms with Gasteiger partial charge in [0.05, 0.1) is 11.8 Å². The molecule has 1 aliphatic rings. The highest BCUT2D eigenvalue weighted by Gasteiger charge is 2.46. The number of anilines is 1. The van der Waals surface area contributed by atoms with E-state index < -0.39 is 12.0 Å². The molecule has 0 fully saturated rings. The molecule has 5 nitrogen and oxygen atoms in total. The lowest BCUT2D eigenvalue weighted by Crippen LogP contribution is -2.37. The number of carbonyl (C=O) groups is 2. The van der Waals surface area contributed by atoms with Crippen molar-refractivity contribution in [3.63, 3.8) is 0 Å². The molecule has 1 N–H and O–H groups in total. The Labute approximate surface area is 164 Å². The van der Waals surface area contributed by atoms with Crippen molar-refractivity contribution in [2.24, 2.45) is 16.9 Å². The minimum absolute atomic E-state index is 0.00543. The number of benzene rings is 2. The van der Waals surface area contributed by atoms with Gasteiger partial charge in [-0.1, -0.05) is 61.8 Å². The Bertz CT molecular complexity index is 880. The number of rotatable bonds is 4. The normalized spacial score (nSPS) is 19.1. The molecule has 6 heteroatoms. The van der Waals surface area contributed by atoms with E-state index in [1.807, 2.05) is 62.4 Å². The fraction of sp³-hybridized carbons (Fsp3) is 0.286. The van der Waals surface area contributed by atoms with Crippen LogP contribution in [0.4, 0.5) is 5.69 Å². The molecule has 2 unspecified atom stereocenters. The zero-order valence-electron chi connectivity index (χ0n) is 15.5. The van der Waals surface area contributed by atoms with E-state index in [0.29, 0.717) is 22.0 Å². The summed E-state index contributed by atoms with van der Waals surface area (Å²) in [6.07, 6.45) is 0. The summed E-state index contributed by atoms with van der Waals surface area (Å²) >= 11 is 6.41. The standard InChI is InChI=1S/C21H22ClN3O2/c1-13(2)19-18(21(27)23-15-9-5-4-6-10-15)20(25(24-19)14(3)26)16-11-7-8-12-17(16)22/h4-13,18,20H,1-3H3,(H,23,27). The molecule has 0 spiro atoms. The van der Waals surface area contributed by atoms with Crippen molar-refractivity contribution in [2.75, 3.05) is 5.32 Å². The van der Waals surface area contributed by atoms with E-state index in [1.165, 1.54) is 11.9 Å². The first kappa shape index (κ1) is 19.1. The second kappa shape index (κ2) is 7.92. The fourth-order valence-corrected chi connectivity index (χ4v) is 3.59. The molecule has 3 rings (SSSR count). The minimum Gasteiger partial charge on any atom is -0.325 e. The molecule has 1 heterocycles. The number of halogens is 1. The summed E-state index contributed by atoms with van der Waals surface area (Å²) in [5.41, 5.74) is 2.08. The van der Waals surface area contributed by atoms with Crippen molar-refractivity contribution >= 4 is 34.8 Å². The van der Waals surface area contributed by atoms with E-state index in [0.717, 1.165) is 0 Å². The molecular weight excluding hydrogens is 362 g/mol. The van der Waals surface area contributed by atoms with E-state index in [-0.39, 0.29) is 17.7 Å². The van der Waals surface area contributed by atoms with Gasteiger partial charge in [0.25, 0.3) is 0 Å². The summed E-state index contributed by atoms with van der Waals surface area (Å²) in [7, 11) is 0. The van der Waals surface area contributed by atoms with Crippen molar-refractivity contribution in [2.45, 2.75) is 26.8 Å². The van der Waals surface area contributed by atoms with Gasteiger partial charge in [0, 0.05) is 17.6 Å². The lowest BCUT2D eigenvalue weighted by Gasteiger charge is -2.27. The lowest BCUT2D eigenvalue weighted by atomic mass is 9.84. The topological polar surface area (TPSA) is 61.8 Å². The molecule has 0 aliphatic carbocycles. The Kier molecular flexibility index (Phi) is 5.61. The predicted octanol–water partition coefficient (Wildman–Crippen LogP) is 4.51. The molecule has 0 aromatic heterocycles. The first-order valence-electron chi connectivity index (χ1n) is 8.88. The van der Waals surface area contributed by atoms with E-state index in [9.17, 15) is 9.59 Å². The summed E-state index contributed by atoms with van der Waals surface area (Å²) in [6, 6.07) is 15.9. The summed E-state index contributed by atoms with van der Waals surface area (Å²) in [5.74, 6) is -1.05. The second-order valence-corrected chi connectivity index (χ2v) is 7.25. The Balaban J connectivity index is 2.05. The molecule has 140 valence electrons. The zero-order chi connectivity index (χ0) is 19.6. The molecule has 0 saturated carbocycles. The number of hydrogen-bond acceptors (Lipinski definition) is 3. The van der Waals surface area contributed by atoms with Gasteiger partial charge in [0.2, 0.25) is 11.8 Å². The number of nitrogens with one attached hydrogen (secondary N) is 1. The summed E-state index contributed by atoms with van der Waals surface area (Å²) < 4.78 is 0. The third-order valence-corrected chi connectivity index (χ3v) is 4.93. The minimum atomic E-state index is -0.617. The largest absolute Gasteiger partial charge is 0.325 e. The van der Waals surface area contributed by atoms with Crippen LogP contribution in [-0.2, 0) is 9.59 Å². The lowest BCUT2D eigenvalue weighted by molar-refractivity contribution is -0.132. The van der Waals surface area contributed by atoms with Crippen molar-refractivity contribution in [1.29, 1.82) is 0 Å². The number of hydrazone groups is 1. The van der Waals surface area contributed by atoms with Crippen LogP contribution in [-0.4, -0.2) is 22.5 Å². The van der Waals surface area contributed by atoms with Crippen LogP contribution in [0.15, 0.2) is 59.7 Å². The maximum absolute atomic E-state index is 13.2. The molecule has 0 radical (unpaired) electrons. The number of carbonyl (C=O) groups excluding carboxylic acids is 2. The van der Waals surface area contributed by atoms with Crippen molar-refractivity contribution in [1.82, 2.24) is 5.01 Å². The molecule has 1 aliphatic heterocycles. The Morgan fingerprint density at radius 2 is 1.70 bits per heavy atom. The van der Waals surface area contributed by atoms with Gasteiger partial charge in [0.15, 0.2) is 0 Å². The van der Waals surface area contributed by atoms with Crippen molar-refractivity contribution < 1.29 is 9.59 Å². The van der Waals surface area contributed by atoms with Crippen LogP contribution in [0, 0.1) is 11.8 Å². The van der Waals surface area contributed by atoms with Gasteiger partial charge >= 0.3 is 0 Å². The highest BCUT2D eigenvalue weighted by molar-refractivity contribution is 6.31. The Morgan fingerprint density at radius 1 is 1.07 bits per heavy atom. The smallest absolute Gasteiger partial charge is 0.240 e. The molecule has 2 aromatic rings. The van der Waals surface area contributed by atoms with Crippen LogP contribution < -0.4 is 5.32 Å². The molecule has 27 heavy (non-hydrogen) atoms. The number of para-hydroxylation sites is 1. The molecular formula is C21H22ClN3O2. The number of nitrogens with zero attached hydrogens (tertiary/aromatic N) is 2. The molecule has 0 saturated heterocycles. The SMILES string of the molecule is CC(=O)N1N=C(C(C)C)C(C(=O)Nc2ccccc2)C1c1ccccc1Cl. The third-order valence-electron chi connectivity index (χ3n) is 4.58. The van der Waals surface area contributed by atoms with Gasteiger partial charge in [-0.25, -0.2) is 5.01 Å². The average Bonchev–Trinajstić information content (AvgIpc) is 3.04. The van der Waals surface area contributed by atoms with Crippen molar-refractivity contribution in [3.05, 3.63) is 65.2 Å². The summed E-state index contributed by atoms with van der Waals surface area (Å²) in [4.78, 5) is 25.5. The number of amides is 2. The fourth-order valence-electron chi connectivity index (χ4n) is 3.34. The first-order chi connectivity index (χ1) is 12.9. The summed E-state index contributed by atoms with van der Waals surface area (Å²) in [5, 5.41) is 9.34. The quantitative estimate of drug-likeness (QED) is 0.844. The molecule has 0 bridgehead atoms. The van der Waals surface area contributed by atoms with Gasteiger partial charge in [-0.2, -0.15) is 5.10 Å². The molecule has 2 amide bonds. The van der Waals surface area contributed by atoms with Crippen LogP contribution in [0.3, 0.4) is 0 Å². The zero-order valence-corrected chi connectivity index (χ0v) is 16.3. The van der Waals surface area contributed by atoms with E-state index >= 15 is 0 Å². The first-order valence-corrected chi connectivity index (χ1v) is 9.26. The van der Waals surface area contributed by atoms with E-state index in [1.54, 1.807) is 6.07 Å². The third kappa shape index (κ3) is 3.88. The molecule has 2 aromatic carbocycles. The average molecular weight is 384 g/mol. The Morgan fingerprint density at radius 3 is 2.30 bits per heavy atom. The maximum Gasteiger partial charge on any atom is 0.240 e. The van der Waals surface area contributed by atoms with Crippen LogP contribution in [0.1, 0.15) is 32.4 Å².